The Balaban J connectivity index is 0. The standard InChI is InChI=1S/C10H24N.NO3/c1-5-8-11(4,9-6-2)10-7-3;2-1(3)4/h5-10H2,1-4H3;/q+1;-1. The predicted octanol–water partition coefficient (Wildman–Crippen LogP) is 2.42. The lowest BCUT2D eigenvalue weighted by Gasteiger charge is -2.33. The zero-order valence-electron chi connectivity index (χ0n) is 10.4. The molecule has 0 aromatic heterocycles. The maximum absolute atomic E-state index is 8.25. The van der Waals surface area contributed by atoms with Gasteiger partial charge in [0.15, 0.2) is 0 Å². The highest BCUT2D eigenvalue weighted by Crippen LogP contribution is 2.06. The van der Waals surface area contributed by atoms with Crippen LogP contribution in [-0.4, -0.2) is 36.3 Å². The van der Waals surface area contributed by atoms with Crippen LogP contribution in [0.5, 0.6) is 0 Å². The summed E-state index contributed by atoms with van der Waals surface area (Å²) in [7, 11) is 2.39. The summed E-state index contributed by atoms with van der Waals surface area (Å²) in [6, 6.07) is 0. The predicted molar refractivity (Wildman–Crippen MR) is 62.0 cm³/mol. The minimum atomic E-state index is -1.75. The van der Waals surface area contributed by atoms with E-state index in [1.807, 2.05) is 0 Å². The van der Waals surface area contributed by atoms with Crippen LogP contribution in [-0.2, 0) is 0 Å². The van der Waals surface area contributed by atoms with Gasteiger partial charge in [-0.25, -0.2) is 0 Å². The van der Waals surface area contributed by atoms with Crippen molar-refractivity contribution in [1.82, 2.24) is 0 Å². The molecule has 0 radical (unpaired) electrons. The second-order valence-electron chi connectivity index (χ2n) is 4.01. The van der Waals surface area contributed by atoms with Gasteiger partial charge in [-0.2, -0.15) is 0 Å². The molecule has 0 heterocycles. The fraction of sp³-hybridized carbons (Fsp3) is 1.00. The molecule has 0 amide bonds. The average Bonchev–Trinajstić information content (AvgIpc) is 2.03. The molecule has 92 valence electrons. The Bertz CT molecular complexity index is 142. The molecule has 0 aliphatic carbocycles. The maximum Gasteiger partial charge on any atom is 0.0781 e. The van der Waals surface area contributed by atoms with Gasteiger partial charge in [0.05, 0.1) is 31.8 Å². The zero-order valence-corrected chi connectivity index (χ0v) is 10.4. The van der Waals surface area contributed by atoms with Crippen LogP contribution in [0.2, 0.25) is 0 Å². The SMILES string of the molecule is CCC[N+](C)(CCC)CCC.O=[N+]([O-])[O-]. The van der Waals surface area contributed by atoms with Gasteiger partial charge >= 0.3 is 0 Å². The summed E-state index contributed by atoms with van der Waals surface area (Å²) in [5.74, 6) is 0. The Hall–Kier alpha value is -0.840. The molecule has 0 aliphatic rings. The Morgan fingerprint density at radius 3 is 1.27 bits per heavy atom. The smallest absolute Gasteiger partial charge is 0.0781 e. The van der Waals surface area contributed by atoms with Crippen LogP contribution in [0.15, 0.2) is 0 Å². The van der Waals surface area contributed by atoms with Crippen LogP contribution in [0.4, 0.5) is 0 Å². The Labute approximate surface area is 92.4 Å². The van der Waals surface area contributed by atoms with Crippen LogP contribution >= 0.6 is 0 Å². The van der Waals surface area contributed by atoms with Crippen LogP contribution < -0.4 is 0 Å². The van der Waals surface area contributed by atoms with E-state index in [-0.39, 0.29) is 0 Å². The molecule has 5 heteroatoms. The fourth-order valence-corrected chi connectivity index (χ4v) is 1.95. The fourth-order valence-electron chi connectivity index (χ4n) is 1.95. The molecule has 0 aromatic rings. The van der Waals surface area contributed by atoms with Gasteiger partial charge in [-0.1, -0.05) is 20.8 Å². The first-order valence-electron chi connectivity index (χ1n) is 5.56. The third-order valence-corrected chi connectivity index (χ3v) is 2.29. The molecule has 0 spiro atoms. The summed E-state index contributed by atoms with van der Waals surface area (Å²) < 4.78 is 1.28. The second-order valence-corrected chi connectivity index (χ2v) is 4.01. The van der Waals surface area contributed by atoms with Crippen molar-refractivity contribution in [3.63, 3.8) is 0 Å². The van der Waals surface area contributed by atoms with Crippen molar-refractivity contribution >= 4 is 0 Å². The van der Waals surface area contributed by atoms with E-state index in [4.69, 9.17) is 15.3 Å². The highest BCUT2D eigenvalue weighted by atomic mass is 16.9. The molecule has 0 saturated heterocycles. The van der Waals surface area contributed by atoms with Gasteiger partial charge < -0.3 is 19.8 Å². The van der Waals surface area contributed by atoms with E-state index in [1.54, 1.807) is 0 Å². The van der Waals surface area contributed by atoms with Gasteiger partial charge in [0.2, 0.25) is 0 Å². The van der Waals surface area contributed by atoms with Crippen molar-refractivity contribution < 1.29 is 9.57 Å². The summed E-state index contributed by atoms with van der Waals surface area (Å²) in [6.07, 6.45) is 3.95. The third kappa shape index (κ3) is 13.2. The molecule has 0 saturated carbocycles. The lowest BCUT2D eigenvalue weighted by atomic mass is 10.2. The summed E-state index contributed by atoms with van der Waals surface area (Å²) in [5.41, 5.74) is 0. The van der Waals surface area contributed by atoms with E-state index in [1.165, 1.54) is 43.4 Å². The van der Waals surface area contributed by atoms with E-state index < -0.39 is 5.09 Å². The highest BCUT2D eigenvalue weighted by molar-refractivity contribution is 4.37. The van der Waals surface area contributed by atoms with Crippen molar-refractivity contribution in [2.45, 2.75) is 40.0 Å². The molecular weight excluding hydrogens is 196 g/mol. The number of quaternary nitrogens is 1. The van der Waals surface area contributed by atoms with Gasteiger partial charge in [0.25, 0.3) is 0 Å². The molecule has 0 bridgehead atoms. The van der Waals surface area contributed by atoms with Crippen molar-refractivity contribution in [3.8, 4) is 0 Å². The van der Waals surface area contributed by atoms with Crippen molar-refractivity contribution in [2.75, 3.05) is 26.7 Å². The van der Waals surface area contributed by atoms with E-state index in [0.29, 0.717) is 0 Å². The minimum Gasteiger partial charge on any atom is -0.356 e. The normalized spacial score (nSPS) is 10.4. The van der Waals surface area contributed by atoms with Crippen LogP contribution in [0.1, 0.15) is 40.0 Å². The Morgan fingerprint density at radius 1 is 0.933 bits per heavy atom. The largest absolute Gasteiger partial charge is 0.356 e. The van der Waals surface area contributed by atoms with E-state index in [2.05, 4.69) is 27.8 Å². The number of hydrogen-bond acceptors (Lipinski definition) is 3. The zero-order chi connectivity index (χ0) is 12.3. The monoisotopic (exact) mass is 220 g/mol. The average molecular weight is 220 g/mol. The number of nitrogens with zero attached hydrogens (tertiary/aromatic N) is 2. The molecular formula is C10H24N2O3. The molecule has 0 rings (SSSR count). The van der Waals surface area contributed by atoms with Gasteiger partial charge in [0, 0.05) is 0 Å². The summed E-state index contributed by atoms with van der Waals surface area (Å²) in [5, 5.41) is 14.8. The number of rotatable bonds is 6. The molecule has 0 atom stereocenters. The first-order valence-corrected chi connectivity index (χ1v) is 5.56. The Kier molecular flexibility index (Phi) is 10.7. The first kappa shape index (κ1) is 16.6. The molecule has 0 aliphatic heterocycles. The van der Waals surface area contributed by atoms with Crippen molar-refractivity contribution in [3.05, 3.63) is 15.3 Å². The van der Waals surface area contributed by atoms with Gasteiger partial charge in [0.1, 0.15) is 0 Å². The summed E-state index contributed by atoms with van der Waals surface area (Å²) in [6.45, 7) is 10.9. The van der Waals surface area contributed by atoms with Crippen LogP contribution in [0.25, 0.3) is 0 Å². The highest BCUT2D eigenvalue weighted by Gasteiger charge is 2.16. The van der Waals surface area contributed by atoms with Crippen molar-refractivity contribution in [1.29, 1.82) is 0 Å². The lowest BCUT2D eigenvalue weighted by Crippen LogP contribution is -2.45. The Morgan fingerprint density at radius 2 is 1.13 bits per heavy atom. The van der Waals surface area contributed by atoms with Crippen molar-refractivity contribution in [2.24, 2.45) is 0 Å². The van der Waals surface area contributed by atoms with Gasteiger partial charge in [-0.3, -0.25) is 0 Å². The number of hydrogen-bond donors (Lipinski definition) is 0. The second kappa shape index (κ2) is 9.71. The first-order chi connectivity index (χ1) is 6.91. The van der Waals surface area contributed by atoms with E-state index in [9.17, 15) is 0 Å². The van der Waals surface area contributed by atoms with Crippen LogP contribution in [0.3, 0.4) is 0 Å². The van der Waals surface area contributed by atoms with Crippen LogP contribution in [0, 0.1) is 15.3 Å². The van der Waals surface area contributed by atoms with E-state index >= 15 is 0 Å². The molecule has 5 nitrogen and oxygen atoms in total. The minimum absolute atomic E-state index is 1.28. The maximum atomic E-state index is 8.25. The molecule has 0 N–H and O–H groups in total. The summed E-state index contributed by atoms with van der Waals surface area (Å²) in [4.78, 5) is 8.25. The third-order valence-electron chi connectivity index (χ3n) is 2.29. The molecule has 0 aromatic carbocycles. The summed E-state index contributed by atoms with van der Waals surface area (Å²) >= 11 is 0. The quantitative estimate of drug-likeness (QED) is 0.392. The molecule has 0 fully saturated rings. The van der Waals surface area contributed by atoms with Gasteiger partial charge in [-0.15, -0.1) is 0 Å². The van der Waals surface area contributed by atoms with Gasteiger partial charge in [-0.05, 0) is 19.3 Å². The lowest BCUT2D eigenvalue weighted by molar-refractivity contribution is -0.909. The van der Waals surface area contributed by atoms with E-state index in [0.717, 1.165) is 0 Å². The topological polar surface area (TPSA) is 66.2 Å². The molecule has 0 unspecified atom stereocenters. The molecule has 15 heavy (non-hydrogen) atoms.